The van der Waals surface area contributed by atoms with Crippen LogP contribution in [0.5, 0.6) is 0 Å². The number of carbonyl (C=O) groups excluding carboxylic acids is 1. The third-order valence-electron chi connectivity index (χ3n) is 4.59. The number of amides is 1. The summed E-state index contributed by atoms with van der Waals surface area (Å²) >= 11 is 0. The highest BCUT2D eigenvalue weighted by atomic mass is 16.5. The molecule has 2 rings (SSSR count). The van der Waals surface area contributed by atoms with Gasteiger partial charge >= 0.3 is 5.97 Å². The molecule has 5 heteroatoms. The molecule has 1 aliphatic heterocycles. The molecule has 1 unspecified atom stereocenters. The van der Waals surface area contributed by atoms with E-state index in [2.05, 4.69) is 0 Å². The molecule has 2 aliphatic rings. The Bertz CT molecular complexity index is 344. The zero-order valence-corrected chi connectivity index (χ0v) is 12.2. The van der Waals surface area contributed by atoms with Crippen molar-refractivity contribution >= 4 is 11.9 Å². The summed E-state index contributed by atoms with van der Waals surface area (Å²) in [5, 5.41) is 8.98. The van der Waals surface area contributed by atoms with Gasteiger partial charge in [0.1, 0.15) is 0 Å². The summed E-state index contributed by atoms with van der Waals surface area (Å²) in [4.78, 5) is 25.1. The van der Waals surface area contributed by atoms with Crippen LogP contribution < -0.4 is 0 Å². The van der Waals surface area contributed by atoms with Crippen molar-refractivity contribution in [2.75, 3.05) is 26.8 Å². The number of ether oxygens (including phenoxy) is 1. The van der Waals surface area contributed by atoms with Crippen LogP contribution >= 0.6 is 0 Å². The minimum absolute atomic E-state index is 0.0140. The molecule has 1 amide bonds. The number of carboxylic acids is 1. The molecule has 0 aromatic rings. The molecule has 5 nitrogen and oxygen atoms in total. The Morgan fingerprint density at radius 2 is 1.80 bits per heavy atom. The fraction of sp³-hybridized carbons (Fsp3) is 0.867. The van der Waals surface area contributed by atoms with E-state index in [0.29, 0.717) is 31.6 Å². The van der Waals surface area contributed by atoms with Crippen LogP contribution in [0.25, 0.3) is 0 Å². The molecule has 114 valence electrons. The van der Waals surface area contributed by atoms with Crippen LogP contribution in [-0.2, 0) is 14.3 Å². The third-order valence-corrected chi connectivity index (χ3v) is 4.59. The number of aliphatic carboxylic acids is 1. The Labute approximate surface area is 120 Å². The standard InChI is InChI=1S/C15H25NO4/c1-16(9-11-3-2-8-20-10-11)14(17)12-4-6-13(7-5-12)15(18)19/h11-13H,2-10H2,1H3,(H,18,19). The maximum Gasteiger partial charge on any atom is 0.306 e. The van der Waals surface area contributed by atoms with E-state index in [9.17, 15) is 9.59 Å². The van der Waals surface area contributed by atoms with Gasteiger partial charge in [0, 0.05) is 26.1 Å². The van der Waals surface area contributed by atoms with E-state index >= 15 is 0 Å². The predicted molar refractivity (Wildman–Crippen MR) is 74.3 cm³/mol. The monoisotopic (exact) mass is 283 g/mol. The molecule has 1 aliphatic carbocycles. The van der Waals surface area contributed by atoms with Gasteiger partial charge in [-0.25, -0.2) is 0 Å². The highest BCUT2D eigenvalue weighted by Gasteiger charge is 2.31. The van der Waals surface area contributed by atoms with Crippen molar-refractivity contribution < 1.29 is 19.4 Å². The van der Waals surface area contributed by atoms with Crippen molar-refractivity contribution in [3.8, 4) is 0 Å². The van der Waals surface area contributed by atoms with Crippen LogP contribution in [0, 0.1) is 17.8 Å². The molecular formula is C15H25NO4. The van der Waals surface area contributed by atoms with Gasteiger partial charge < -0.3 is 14.7 Å². The molecule has 1 N–H and O–H groups in total. The Kier molecular flexibility index (Phi) is 5.40. The van der Waals surface area contributed by atoms with Crippen molar-refractivity contribution in [2.24, 2.45) is 17.8 Å². The van der Waals surface area contributed by atoms with E-state index in [0.717, 1.165) is 32.6 Å². The predicted octanol–water partition coefficient (Wildman–Crippen LogP) is 1.76. The molecule has 0 spiro atoms. The molecule has 1 atom stereocenters. The van der Waals surface area contributed by atoms with E-state index in [-0.39, 0.29) is 17.7 Å². The van der Waals surface area contributed by atoms with Gasteiger partial charge in [0.2, 0.25) is 5.91 Å². The van der Waals surface area contributed by atoms with Gasteiger partial charge in [0.25, 0.3) is 0 Å². The number of rotatable bonds is 4. The van der Waals surface area contributed by atoms with Crippen molar-refractivity contribution in [1.29, 1.82) is 0 Å². The number of hydrogen-bond acceptors (Lipinski definition) is 3. The van der Waals surface area contributed by atoms with Crippen molar-refractivity contribution in [2.45, 2.75) is 38.5 Å². The van der Waals surface area contributed by atoms with Crippen LogP contribution in [0.4, 0.5) is 0 Å². The van der Waals surface area contributed by atoms with Gasteiger partial charge in [-0.05, 0) is 44.4 Å². The first-order chi connectivity index (χ1) is 9.58. The average Bonchev–Trinajstić information content (AvgIpc) is 2.47. The molecule has 1 saturated carbocycles. The van der Waals surface area contributed by atoms with E-state index < -0.39 is 5.97 Å². The first-order valence-electron chi connectivity index (χ1n) is 7.63. The summed E-state index contributed by atoms with van der Waals surface area (Å²) in [5.41, 5.74) is 0. The van der Waals surface area contributed by atoms with Crippen molar-refractivity contribution in [3.63, 3.8) is 0 Å². The molecular weight excluding hydrogens is 258 g/mol. The Hall–Kier alpha value is -1.10. The summed E-state index contributed by atoms with van der Waals surface area (Å²) in [5.74, 6) is -0.327. The van der Waals surface area contributed by atoms with Gasteiger partial charge in [-0.3, -0.25) is 9.59 Å². The van der Waals surface area contributed by atoms with E-state index in [1.807, 2.05) is 11.9 Å². The lowest BCUT2D eigenvalue weighted by Gasteiger charge is -2.32. The molecule has 2 fully saturated rings. The first kappa shape index (κ1) is 15.3. The molecule has 0 aromatic carbocycles. The fourth-order valence-electron chi connectivity index (χ4n) is 3.33. The quantitative estimate of drug-likeness (QED) is 0.853. The molecule has 20 heavy (non-hydrogen) atoms. The summed E-state index contributed by atoms with van der Waals surface area (Å²) in [6.07, 6.45) is 4.89. The molecule has 1 saturated heterocycles. The lowest BCUT2D eigenvalue weighted by molar-refractivity contribution is -0.145. The smallest absolute Gasteiger partial charge is 0.306 e. The van der Waals surface area contributed by atoms with Gasteiger partial charge in [-0.2, -0.15) is 0 Å². The van der Waals surface area contributed by atoms with E-state index in [1.165, 1.54) is 0 Å². The third kappa shape index (κ3) is 3.95. The second kappa shape index (κ2) is 7.07. The molecule has 1 heterocycles. The zero-order valence-electron chi connectivity index (χ0n) is 12.2. The van der Waals surface area contributed by atoms with E-state index in [4.69, 9.17) is 9.84 Å². The van der Waals surface area contributed by atoms with Crippen LogP contribution in [0.3, 0.4) is 0 Å². The van der Waals surface area contributed by atoms with Gasteiger partial charge in [-0.1, -0.05) is 0 Å². The fourth-order valence-corrected chi connectivity index (χ4v) is 3.33. The molecule has 0 aromatic heterocycles. The van der Waals surface area contributed by atoms with Crippen molar-refractivity contribution in [3.05, 3.63) is 0 Å². The average molecular weight is 283 g/mol. The Morgan fingerprint density at radius 3 is 2.35 bits per heavy atom. The summed E-state index contributed by atoms with van der Waals surface area (Å²) in [7, 11) is 1.86. The Balaban J connectivity index is 1.77. The molecule has 0 radical (unpaired) electrons. The number of hydrogen-bond donors (Lipinski definition) is 1. The summed E-state index contributed by atoms with van der Waals surface area (Å²) in [6.45, 7) is 2.36. The maximum atomic E-state index is 12.4. The number of nitrogens with zero attached hydrogens (tertiary/aromatic N) is 1. The van der Waals surface area contributed by atoms with Gasteiger partial charge in [0.05, 0.1) is 12.5 Å². The summed E-state index contributed by atoms with van der Waals surface area (Å²) < 4.78 is 5.45. The largest absolute Gasteiger partial charge is 0.481 e. The van der Waals surface area contributed by atoms with Crippen LogP contribution in [-0.4, -0.2) is 48.7 Å². The van der Waals surface area contributed by atoms with Gasteiger partial charge in [-0.15, -0.1) is 0 Å². The van der Waals surface area contributed by atoms with Gasteiger partial charge in [0.15, 0.2) is 0 Å². The Morgan fingerprint density at radius 1 is 1.15 bits per heavy atom. The molecule has 0 bridgehead atoms. The lowest BCUT2D eigenvalue weighted by atomic mass is 9.81. The van der Waals surface area contributed by atoms with Crippen molar-refractivity contribution in [1.82, 2.24) is 4.90 Å². The highest BCUT2D eigenvalue weighted by molar-refractivity contribution is 5.79. The SMILES string of the molecule is CN(CC1CCCOC1)C(=O)C1CCC(C(=O)O)CC1. The van der Waals surface area contributed by atoms with Crippen LogP contribution in [0.2, 0.25) is 0 Å². The number of carboxylic acid groups (broad SMARTS) is 1. The summed E-state index contributed by atoms with van der Waals surface area (Å²) in [6, 6.07) is 0. The second-order valence-electron chi connectivity index (χ2n) is 6.19. The van der Waals surface area contributed by atoms with E-state index in [1.54, 1.807) is 0 Å². The highest BCUT2D eigenvalue weighted by Crippen LogP contribution is 2.30. The lowest BCUT2D eigenvalue weighted by Crippen LogP contribution is -2.40. The maximum absolute atomic E-state index is 12.4. The second-order valence-corrected chi connectivity index (χ2v) is 6.19. The topological polar surface area (TPSA) is 66.8 Å². The minimum atomic E-state index is -0.719. The number of carbonyl (C=O) groups is 2. The van der Waals surface area contributed by atoms with Crippen LogP contribution in [0.15, 0.2) is 0 Å². The first-order valence-corrected chi connectivity index (χ1v) is 7.63. The van der Waals surface area contributed by atoms with Crippen LogP contribution in [0.1, 0.15) is 38.5 Å². The normalized spacial score (nSPS) is 30.8. The zero-order chi connectivity index (χ0) is 14.5. The minimum Gasteiger partial charge on any atom is -0.481 e.